The Morgan fingerprint density at radius 3 is 2.27 bits per heavy atom. The van der Waals surface area contributed by atoms with Crippen molar-refractivity contribution < 1.29 is 9.21 Å². The van der Waals surface area contributed by atoms with Gasteiger partial charge in [-0.3, -0.25) is 4.79 Å². The second-order valence-electron chi connectivity index (χ2n) is 5.95. The summed E-state index contributed by atoms with van der Waals surface area (Å²) in [6, 6.07) is 18.7. The topological polar surface area (TPSA) is 45.8 Å². The highest BCUT2D eigenvalue weighted by Gasteiger charge is 2.35. The molecule has 2 heterocycles. The number of hydrazone groups is 1. The molecule has 1 aromatic heterocycles. The van der Waals surface area contributed by atoms with Crippen molar-refractivity contribution in [1.82, 2.24) is 5.01 Å². The number of hydrogen-bond acceptors (Lipinski definition) is 3. The highest BCUT2D eigenvalue weighted by Crippen LogP contribution is 2.34. The van der Waals surface area contributed by atoms with Gasteiger partial charge in [0.2, 0.25) is 0 Å². The van der Waals surface area contributed by atoms with E-state index in [0.717, 1.165) is 26.0 Å². The predicted octanol–water partition coefficient (Wildman–Crippen LogP) is 5.80. The number of rotatable bonds is 3. The Labute approximate surface area is 167 Å². The fraction of sp³-hybridized carbons (Fsp3) is 0.100. The summed E-state index contributed by atoms with van der Waals surface area (Å²) in [5.41, 5.74) is 2.45. The third-order valence-corrected chi connectivity index (χ3v) is 5.32. The quantitative estimate of drug-likeness (QED) is 0.482. The van der Waals surface area contributed by atoms with E-state index in [1.807, 2.05) is 48.5 Å². The van der Waals surface area contributed by atoms with Gasteiger partial charge in [0.25, 0.3) is 5.91 Å². The molecule has 2 aromatic carbocycles. The first-order chi connectivity index (χ1) is 12.6. The molecule has 6 heteroatoms. The van der Waals surface area contributed by atoms with Crippen molar-refractivity contribution in [3.05, 3.63) is 92.8 Å². The molecule has 0 aliphatic carbocycles. The molecule has 0 bridgehead atoms. The standard InChI is InChI=1S/C20H14Br2N2O2/c21-15-7-3-13(4-8-15)17-12-18(19-2-1-11-26-19)24(23-17)20(25)14-5-9-16(22)10-6-14/h1-11,18H,12H2/t18-/m0/s1. The van der Waals surface area contributed by atoms with Gasteiger partial charge in [0.05, 0.1) is 12.0 Å². The molecule has 1 atom stereocenters. The molecule has 1 aliphatic rings. The Morgan fingerprint density at radius 2 is 1.65 bits per heavy atom. The lowest BCUT2D eigenvalue weighted by Gasteiger charge is -2.19. The van der Waals surface area contributed by atoms with Gasteiger partial charge in [-0.2, -0.15) is 5.10 Å². The van der Waals surface area contributed by atoms with Crippen LogP contribution in [0.15, 0.2) is 85.4 Å². The Morgan fingerprint density at radius 1 is 1.00 bits per heavy atom. The summed E-state index contributed by atoms with van der Waals surface area (Å²) in [6.07, 6.45) is 2.23. The average Bonchev–Trinajstić information content (AvgIpc) is 3.32. The first kappa shape index (κ1) is 17.2. The number of amides is 1. The Bertz CT molecular complexity index is 948. The van der Waals surface area contributed by atoms with E-state index >= 15 is 0 Å². The van der Waals surface area contributed by atoms with Crippen molar-refractivity contribution in [2.45, 2.75) is 12.5 Å². The third kappa shape index (κ3) is 3.39. The second-order valence-corrected chi connectivity index (χ2v) is 7.78. The van der Waals surface area contributed by atoms with E-state index in [4.69, 9.17) is 4.42 Å². The predicted molar refractivity (Wildman–Crippen MR) is 107 cm³/mol. The van der Waals surface area contributed by atoms with Crippen LogP contribution in [-0.2, 0) is 0 Å². The molecule has 130 valence electrons. The maximum absolute atomic E-state index is 13.0. The number of furan rings is 1. The Hall–Kier alpha value is -2.18. The minimum absolute atomic E-state index is 0.147. The van der Waals surface area contributed by atoms with Crippen LogP contribution in [0.25, 0.3) is 0 Å². The number of nitrogens with zero attached hydrogens (tertiary/aromatic N) is 2. The summed E-state index contributed by atoms with van der Waals surface area (Å²) in [5, 5.41) is 6.16. The van der Waals surface area contributed by atoms with Crippen LogP contribution in [0.4, 0.5) is 0 Å². The summed E-state index contributed by atoms with van der Waals surface area (Å²) in [7, 11) is 0. The first-order valence-electron chi connectivity index (χ1n) is 8.08. The highest BCUT2D eigenvalue weighted by atomic mass is 79.9. The summed E-state index contributed by atoms with van der Waals surface area (Å²) >= 11 is 6.84. The van der Waals surface area contributed by atoms with Crippen LogP contribution >= 0.6 is 31.9 Å². The van der Waals surface area contributed by atoms with Gasteiger partial charge in [-0.05, 0) is 54.1 Å². The molecule has 1 amide bonds. The SMILES string of the molecule is O=C(c1ccc(Br)cc1)N1N=C(c2ccc(Br)cc2)C[C@H]1c1ccco1. The van der Waals surface area contributed by atoms with Crippen molar-refractivity contribution in [2.24, 2.45) is 5.10 Å². The molecule has 0 radical (unpaired) electrons. The van der Waals surface area contributed by atoms with E-state index < -0.39 is 0 Å². The van der Waals surface area contributed by atoms with Crippen LogP contribution in [0.1, 0.15) is 34.1 Å². The minimum atomic E-state index is -0.250. The summed E-state index contributed by atoms with van der Waals surface area (Å²) in [6.45, 7) is 0. The lowest BCUT2D eigenvalue weighted by molar-refractivity contribution is 0.0693. The normalized spacial score (nSPS) is 16.6. The molecule has 1 aliphatic heterocycles. The van der Waals surface area contributed by atoms with Crippen LogP contribution < -0.4 is 0 Å². The number of carbonyl (C=O) groups is 1. The molecule has 0 saturated heterocycles. The summed E-state index contributed by atoms with van der Waals surface area (Å²) < 4.78 is 7.51. The third-order valence-electron chi connectivity index (χ3n) is 4.26. The van der Waals surface area contributed by atoms with Crippen molar-refractivity contribution in [3.8, 4) is 0 Å². The van der Waals surface area contributed by atoms with Gasteiger partial charge < -0.3 is 4.42 Å². The zero-order valence-corrected chi connectivity index (χ0v) is 16.8. The molecular weight excluding hydrogens is 460 g/mol. The minimum Gasteiger partial charge on any atom is -0.467 e. The van der Waals surface area contributed by atoms with Crippen molar-refractivity contribution >= 4 is 43.5 Å². The van der Waals surface area contributed by atoms with Gasteiger partial charge in [-0.25, -0.2) is 5.01 Å². The van der Waals surface area contributed by atoms with Gasteiger partial charge in [-0.1, -0.05) is 44.0 Å². The van der Waals surface area contributed by atoms with Gasteiger partial charge in [0.1, 0.15) is 11.8 Å². The number of benzene rings is 2. The van der Waals surface area contributed by atoms with Crippen molar-refractivity contribution in [3.63, 3.8) is 0 Å². The Kier molecular flexibility index (Phi) is 4.78. The molecule has 0 fully saturated rings. The smallest absolute Gasteiger partial charge is 0.274 e. The van der Waals surface area contributed by atoms with E-state index in [0.29, 0.717) is 12.0 Å². The molecule has 26 heavy (non-hydrogen) atoms. The van der Waals surface area contributed by atoms with Gasteiger partial charge >= 0.3 is 0 Å². The van der Waals surface area contributed by atoms with Crippen molar-refractivity contribution in [2.75, 3.05) is 0 Å². The number of halogens is 2. The summed E-state index contributed by atoms with van der Waals surface area (Å²) in [5.74, 6) is 0.581. The van der Waals surface area contributed by atoms with Crippen molar-refractivity contribution in [1.29, 1.82) is 0 Å². The average molecular weight is 474 g/mol. The largest absolute Gasteiger partial charge is 0.467 e. The Balaban J connectivity index is 1.70. The first-order valence-corrected chi connectivity index (χ1v) is 9.66. The van der Waals surface area contributed by atoms with Gasteiger partial charge in [0, 0.05) is 20.9 Å². The van der Waals surface area contributed by atoms with E-state index in [9.17, 15) is 4.79 Å². The maximum atomic E-state index is 13.0. The fourth-order valence-electron chi connectivity index (χ4n) is 2.94. The molecule has 0 spiro atoms. The highest BCUT2D eigenvalue weighted by molar-refractivity contribution is 9.10. The lowest BCUT2D eigenvalue weighted by Crippen LogP contribution is -2.26. The van der Waals surface area contributed by atoms with Gasteiger partial charge in [-0.15, -0.1) is 0 Å². The van der Waals surface area contributed by atoms with Crippen LogP contribution in [-0.4, -0.2) is 16.6 Å². The second kappa shape index (κ2) is 7.21. The monoisotopic (exact) mass is 472 g/mol. The lowest BCUT2D eigenvalue weighted by atomic mass is 10.0. The molecule has 0 unspecified atom stereocenters. The molecule has 0 saturated carbocycles. The van der Waals surface area contributed by atoms with Crippen LogP contribution in [0.5, 0.6) is 0 Å². The zero-order chi connectivity index (χ0) is 18.1. The van der Waals surface area contributed by atoms with Crippen LogP contribution in [0.2, 0.25) is 0 Å². The van der Waals surface area contributed by atoms with E-state index in [1.165, 1.54) is 5.01 Å². The van der Waals surface area contributed by atoms with E-state index in [-0.39, 0.29) is 11.9 Å². The summed E-state index contributed by atoms with van der Waals surface area (Å²) in [4.78, 5) is 13.0. The molecule has 4 nitrogen and oxygen atoms in total. The van der Waals surface area contributed by atoms with Crippen LogP contribution in [0, 0.1) is 0 Å². The number of hydrogen-bond donors (Lipinski definition) is 0. The molecule has 0 N–H and O–H groups in total. The fourth-order valence-corrected chi connectivity index (χ4v) is 3.47. The van der Waals surface area contributed by atoms with E-state index in [1.54, 1.807) is 18.4 Å². The zero-order valence-electron chi connectivity index (χ0n) is 13.6. The number of carbonyl (C=O) groups excluding carboxylic acids is 1. The van der Waals surface area contributed by atoms with Gasteiger partial charge in [0.15, 0.2) is 0 Å². The molecule has 4 rings (SSSR count). The maximum Gasteiger partial charge on any atom is 0.274 e. The molecular formula is C20H14Br2N2O2. The van der Waals surface area contributed by atoms with Crippen LogP contribution in [0.3, 0.4) is 0 Å². The molecule has 3 aromatic rings. The van der Waals surface area contributed by atoms with E-state index in [2.05, 4.69) is 37.0 Å².